The summed E-state index contributed by atoms with van der Waals surface area (Å²) < 4.78 is 2.06. The van der Waals surface area contributed by atoms with Crippen LogP contribution in [0.1, 0.15) is 59.7 Å². The average Bonchev–Trinajstić information content (AvgIpc) is 3.45. The average molecular weight is 518 g/mol. The van der Waals surface area contributed by atoms with Crippen molar-refractivity contribution in [3.63, 3.8) is 0 Å². The molecule has 0 spiro atoms. The number of hydrogen-bond donors (Lipinski definition) is 1. The number of amides is 1. The van der Waals surface area contributed by atoms with Crippen molar-refractivity contribution >= 4 is 5.91 Å². The smallest absolute Gasteiger partial charge is 0.224 e. The molecule has 0 saturated carbocycles. The molecule has 0 radical (unpaired) electrons. The number of benzene rings is 3. The summed E-state index contributed by atoms with van der Waals surface area (Å²) >= 11 is 0. The third-order valence-corrected chi connectivity index (χ3v) is 7.70. The number of likely N-dealkylation sites (tertiary alicyclic amines) is 1. The highest BCUT2D eigenvalue weighted by Gasteiger charge is 2.29. The predicted molar refractivity (Wildman–Crippen MR) is 153 cm³/mol. The molecule has 0 aliphatic carbocycles. The highest BCUT2D eigenvalue weighted by Crippen LogP contribution is 2.28. The summed E-state index contributed by atoms with van der Waals surface area (Å²) in [4.78, 5) is 20.2. The second-order valence-electron chi connectivity index (χ2n) is 10.5. The molecule has 1 saturated heterocycles. The van der Waals surface area contributed by atoms with Gasteiger partial charge >= 0.3 is 0 Å². The molecule has 1 aliphatic heterocycles. The maximum absolute atomic E-state index is 13.4. The van der Waals surface area contributed by atoms with Crippen LogP contribution >= 0.6 is 0 Å². The van der Waals surface area contributed by atoms with Crippen molar-refractivity contribution in [3.8, 4) is 6.07 Å². The summed E-state index contributed by atoms with van der Waals surface area (Å²) in [6.07, 6.45) is 5.54. The second-order valence-corrected chi connectivity index (χ2v) is 10.5. The Labute approximate surface area is 230 Å². The largest absolute Gasteiger partial charge is 0.348 e. The number of imidazole rings is 1. The second kappa shape index (κ2) is 12.6. The molecule has 4 aromatic rings. The SMILES string of the molecule is CC(NC(=O)C1CCCN(CC(c2ccccc2)c2ccccc2)C1)c1cncn1Cc1ccc(C#N)cc1. The molecule has 1 amide bonds. The number of hydrogen-bond acceptors (Lipinski definition) is 4. The third kappa shape index (κ3) is 6.63. The maximum Gasteiger partial charge on any atom is 0.224 e. The number of aromatic nitrogens is 2. The van der Waals surface area contributed by atoms with Crippen LogP contribution in [0, 0.1) is 17.2 Å². The van der Waals surface area contributed by atoms with E-state index in [1.54, 1.807) is 6.33 Å². The Morgan fingerprint density at radius 1 is 1.03 bits per heavy atom. The van der Waals surface area contributed by atoms with E-state index in [1.807, 2.05) is 37.4 Å². The van der Waals surface area contributed by atoms with Gasteiger partial charge < -0.3 is 14.8 Å². The first-order valence-corrected chi connectivity index (χ1v) is 13.7. The lowest BCUT2D eigenvalue weighted by Gasteiger charge is -2.35. The first-order chi connectivity index (χ1) is 19.1. The van der Waals surface area contributed by atoms with Gasteiger partial charge in [-0.15, -0.1) is 0 Å². The lowest BCUT2D eigenvalue weighted by atomic mass is 9.89. The van der Waals surface area contributed by atoms with Gasteiger partial charge in [0, 0.05) is 25.6 Å². The van der Waals surface area contributed by atoms with Crippen LogP contribution < -0.4 is 5.32 Å². The van der Waals surface area contributed by atoms with E-state index in [0.29, 0.717) is 12.1 Å². The van der Waals surface area contributed by atoms with Gasteiger partial charge in [-0.3, -0.25) is 4.79 Å². The molecule has 3 aromatic carbocycles. The highest BCUT2D eigenvalue weighted by atomic mass is 16.2. The number of nitriles is 1. The first kappa shape index (κ1) is 26.4. The van der Waals surface area contributed by atoms with Crippen LogP contribution in [0.2, 0.25) is 0 Å². The number of carbonyl (C=O) groups is 1. The van der Waals surface area contributed by atoms with E-state index in [-0.39, 0.29) is 23.8 Å². The molecule has 6 nitrogen and oxygen atoms in total. The fourth-order valence-electron chi connectivity index (χ4n) is 5.58. The fourth-order valence-corrected chi connectivity index (χ4v) is 5.58. The van der Waals surface area contributed by atoms with Gasteiger partial charge in [0.1, 0.15) is 0 Å². The first-order valence-electron chi connectivity index (χ1n) is 13.7. The van der Waals surface area contributed by atoms with E-state index in [1.165, 1.54) is 11.1 Å². The predicted octanol–water partition coefficient (Wildman–Crippen LogP) is 5.52. The summed E-state index contributed by atoms with van der Waals surface area (Å²) in [6, 6.07) is 30.9. The van der Waals surface area contributed by atoms with E-state index < -0.39 is 0 Å². The Balaban J connectivity index is 1.22. The van der Waals surface area contributed by atoms with E-state index in [0.717, 1.165) is 43.7 Å². The van der Waals surface area contributed by atoms with Crippen LogP contribution in [-0.4, -0.2) is 40.0 Å². The van der Waals surface area contributed by atoms with Gasteiger partial charge in [-0.2, -0.15) is 5.26 Å². The zero-order chi connectivity index (χ0) is 27.0. The van der Waals surface area contributed by atoms with Gasteiger partial charge in [0.25, 0.3) is 0 Å². The third-order valence-electron chi connectivity index (χ3n) is 7.70. The minimum Gasteiger partial charge on any atom is -0.348 e. The zero-order valence-electron chi connectivity index (χ0n) is 22.4. The molecule has 5 rings (SSSR count). The van der Waals surface area contributed by atoms with Crippen LogP contribution in [0.4, 0.5) is 0 Å². The molecule has 2 unspecified atom stereocenters. The van der Waals surface area contributed by atoms with Gasteiger partial charge in [0.15, 0.2) is 0 Å². The Kier molecular flexibility index (Phi) is 8.50. The van der Waals surface area contributed by atoms with Gasteiger partial charge in [0.2, 0.25) is 5.91 Å². The molecule has 1 aliphatic rings. The quantitative estimate of drug-likeness (QED) is 0.317. The van der Waals surface area contributed by atoms with Gasteiger partial charge in [-0.1, -0.05) is 72.8 Å². The van der Waals surface area contributed by atoms with Crippen molar-refractivity contribution in [3.05, 3.63) is 125 Å². The summed E-state index contributed by atoms with van der Waals surface area (Å²) in [5, 5.41) is 12.3. The molecular formula is C33H35N5O. The lowest BCUT2D eigenvalue weighted by molar-refractivity contribution is -0.127. The molecule has 2 atom stereocenters. The van der Waals surface area contributed by atoms with E-state index >= 15 is 0 Å². The summed E-state index contributed by atoms with van der Waals surface area (Å²) in [7, 11) is 0. The van der Waals surface area contributed by atoms with Gasteiger partial charge in [0.05, 0.1) is 41.8 Å². The van der Waals surface area contributed by atoms with Crippen molar-refractivity contribution in [1.82, 2.24) is 19.8 Å². The monoisotopic (exact) mass is 517 g/mol. The Morgan fingerprint density at radius 2 is 1.69 bits per heavy atom. The number of piperidine rings is 1. The topological polar surface area (TPSA) is 74.0 Å². The summed E-state index contributed by atoms with van der Waals surface area (Å²) in [5.41, 5.74) is 5.30. The van der Waals surface area contributed by atoms with Crippen LogP contribution in [0.3, 0.4) is 0 Å². The molecule has 2 heterocycles. The molecule has 0 bridgehead atoms. The summed E-state index contributed by atoms with van der Waals surface area (Å²) in [5.74, 6) is 0.335. The minimum atomic E-state index is -0.157. The molecule has 1 N–H and O–H groups in total. The number of rotatable bonds is 9. The number of nitrogens with zero attached hydrogens (tertiary/aromatic N) is 4. The van der Waals surface area contributed by atoms with Crippen molar-refractivity contribution in [1.29, 1.82) is 5.26 Å². The lowest BCUT2D eigenvalue weighted by Crippen LogP contribution is -2.45. The van der Waals surface area contributed by atoms with E-state index in [4.69, 9.17) is 5.26 Å². The Morgan fingerprint density at radius 3 is 2.33 bits per heavy atom. The van der Waals surface area contributed by atoms with Crippen molar-refractivity contribution in [2.24, 2.45) is 5.92 Å². The number of carbonyl (C=O) groups excluding carboxylic acids is 1. The van der Waals surface area contributed by atoms with Crippen LogP contribution in [0.15, 0.2) is 97.5 Å². The minimum absolute atomic E-state index is 0.0386. The molecule has 39 heavy (non-hydrogen) atoms. The summed E-state index contributed by atoms with van der Waals surface area (Å²) in [6.45, 7) is 5.32. The normalized spacial score (nSPS) is 16.5. The van der Waals surface area contributed by atoms with Crippen molar-refractivity contribution in [2.45, 2.75) is 38.3 Å². The van der Waals surface area contributed by atoms with Gasteiger partial charge in [-0.25, -0.2) is 4.98 Å². The van der Waals surface area contributed by atoms with Crippen molar-refractivity contribution in [2.75, 3.05) is 19.6 Å². The van der Waals surface area contributed by atoms with Crippen LogP contribution in [0.25, 0.3) is 0 Å². The van der Waals surface area contributed by atoms with Gasteiger partial charge in [-0.05, 0) is 55.1 Å². The van der Waals surface area contributed by atoms with Crippen molar-refractivity contribution < 1.29 is 4.79 Å². The number of nitrogens with one attached hydrogen (secondary N) is 1. The van der Waals surface area contributed by atoms with Crippen LogP contribution in [0.5, 0.6) is 0 Å². The molecular weight excluding hydrogens is 482 g/mol. The standard InChI is InChI=1S/C33H35N5O/c1-25(32-20-35-24-38(32)21-27-16-14-26(19-34)15-17-27)36-33(39)30-13-8-18-37(22-30)23-31(28-9-4-2-5-10-28)29-11-6-3-7-12-29/h2-7,9-12,14-17,20,24-25,30-31H,8,13,18,21-23H2,1H3,(H,36,39). The maximum atomic E-state index is 13.4. The molecule has 6 heteroatoms. The van der Waals surface area contributed by atoms with Crippen LogP contribution in [-0.2, 0) is 11.3 Å². The molecule has 1 aromatic heterocycles. The Hall–Kier alpha value is -4.21. The molecule has 198 valence electrons. The fraction of sp³-hybridized carbons (Fsp3) is 0.303. The highest BCUT2D eigenvalue weighted by molar-refractivity contribution is 5.79. The van der Waals surface area contributed by atoms with E-state index in [9.17, 15) is 4.79 Å². The molecule has 1 fully saturated rings. The zero-order valence-corrected chi connectivity index (χ0v) is 22.4. The Bertz CT molecular complexity index is 1350. The van der Waals surface area contributed by atoms with E-state index in [2.05, 4.69) is 86.5 Å².